The van der Waals surface area contributed by atoms with Crippen LogP contribution in [0.25, 0.3) is 0 Å². The summed E-state index contributed by atoms with van der Waals surface area (Å²) in [5.74, 6) is -6.76. The predicted octanol–water partition coefficient (Wildman–Crippen LogP) is 2.38. The molecule has 0 heterocycles. The van der Waals surface area contributed by atoms with Gasteiger partial charge in [0.2, 0.25) is 0 Å². The maximum atomic E-state index is 13.9. The SMILES string of the molecule is CN=C(C=N)c1c(F)c(F)c(C(C=N)=NC)c(F)c1F. The normalized spacial score (nSPS) is 12.5. The van der Waals surface area contributed by atoms with E-state index in [2.05, 4.69) is 9.98 Å². The van der Waals surface area contributed by atoms with Crippen molar-refractivity contribution < 1.29 is 17.6 Å². The monoisotopic (exact) mass is 286 g/mol. The molecule has 0 aliphatic rings. The second kappa shape index (κ2) is 6.18. The summed E-state index contributed by atoms with van der Waals surface area (Å²) < 4.78 is 55.5. The molecule has 4 nitrogen and oxygen atoms in total. The van der Waals surface area contributed by atoms with Gasteiger partial charge >= 0.3 is 0 Å². The van der Waals surface area contributed by atoms with Crippen molar-refractivity contribution in [2.24, 2.45) is 9.98 Å². The van der Waals surface area contributed by atoms with E-state index in [0.717, 1.165) is 14.1 Å². The Hall–Kier alpha value is -2.38. The minimum atomic E-state index is -1.69. The lowest BCUT2D eigenvalue weighted by Crippen LogP contribution is -2.18. The van der Waals surface area contributed by atoms with Gasteiger partial charge in [0.05, 0.1) is 22.6 Å². The molecular formula is C12H10F4N4. The van der Waals surface area contributed by atoms with Gasteiger partial charge in [0, 0.05) is 26.5 Å². The number of aliphatic imine (C=N–C) groups is 2. The number of hydrogen-bond acceptors (Lipinski definition) is 4. The molecule has 1 rings (SSSR count). The summed E-state index contributed by atoms with van der Waals surface area (Å²) in [6, 6.07) is 0. The van der Waals surface area contributed by atoms with Crippen LogP contribution in [0.5, 0.6) is 0 Å². The van der Waals surface area contributed by atoms with E-state index >= 15 is 0 Å². The third-order valence-corrected chi connectivity index (χ3v) is 2.53. The van der Waals surface area contributed by atoms with Gasteiger partial charge in [-0.2, -0.15) is 0 Å². The molecular weight excluding hydrogens is 276 g/mol. The van der Waals surface area contributed by atoms with Gasteiger partial charge in [-0.05, 0) is 0 Å². The zero-order chi connectivity index (χ0) is 15.4. The predicted molar refractivity (Wildman–Crippen MR) is 68.8 cm³/mol. The molecule has 0 saturated carbocycles. The maximum absolute atomic E-state index is 13.9. The van der Waals surface area contributed by atoms with E-state index in [-0.39, 0.29) is 0 Å². The molecule has 0 aliphatic heterocycles. The average molecular weight is 286 g/mol. The van der Waals surface area contributed by atoms with Crippen molar-refractivity contribution in [1.82, 2.24) is 0 Å². The third kappa shape index (κ3) is 2.36. The third-order valence-electron chi connectivity index (χ3n) is 2.53. The molecule has 0 aliphatic carbocycles. The highest BCUT2D eigenvalue weighted by Gasteiger charge is 2.29. The van der Waals surface area contributed by atoms with Crippen LogP contribution in [0.15, 0.2) is 9.98 Å². The molecule has 1 aromatic rings. The first kappa shape index (κ1) is 15.7. The fourth-order valence-corrected chi connectivity index (χ4v) is 1.58. The van der Waals surface area contributed by atoms with E-state index < -0.39 is 45.8 Å². The number of nitrogens with zero attached hydrogens (tertiary/aromatic N) is 2. The van der Waals surface area contributed by atoms with Gasteiger partial charge in [0.15, 0.2) is 23.3 Å². The fraction of sp³-hybridized carbons (Fsp3) is 0.167. The Morgan fingerprint density at radius 1 is 0.750 bits per heavy atom. The van der Waals surface area contributed by atoms with Crippen LogP contribution in [0.2, 0.25) is 0 Å². The zero-order valence-corrected chi connectivity index (χ0v) is 10.6. The highest BCUT2D eigenvalue weighted by Crippen LogP contribution is 2.25. The fourth-order valence-electron chi connectivity index (χ4n) is 1.58. The van der Waals surface area contributed by atoms with Gasteiger partial charge in [-0.15, -0.1) is 0 Å². The molecule has 1 aromatic carbocycles. The lowest BCUT2D eigenvalue weighted by molar-refractivity contribution is 0.449. The van der Waals surface area contributed by atoms with Gasteiger partial charge in [-0.1, -0.05) is 0 Å². The molecule has 0 bridgehead atoms. The van der Waals surface area contributed by atoms with Crippen LogP contribution in [0.4, 0.5) is 17.6 Å². The molecule has 0 atom stereocenters. The molecule has 0 saturated heterocycles. The highest BCUT2D eigenvalue weighted by atomic mass is 19.2. The number of nitrogens with one attached hydrogen (secondary N) is 2. The van der Waals surface area contributed by atoms with E-state index in [0.29, 0.717) is 12.4 Å². The van der Waals surface area contributed by atoms with Gasteiger partial charge in [0.1, 0.15) is 0 Å². The summed E-state index contributed by atoms with van der Waals surface area (Å²) in [4.78, 5) is 6.76. The van der Waals surface area contributed by atoms with E-state index in [1.54, 1.807) is 0 Å². The van der Waals surface area contributed by atoms with Crippen molar-refractivity contribution in [3.05, 3.63) is 34.4 Å². The van der Waals surface area contributed by atoms with Gasteiger partial charge in [-0.3, -0.25) is 9.98 Å². The molecule has 0 unspecified atom stereocenters. The van der Waals surface area contributed by atoms with Crippen LogP contribution in [0.3, 0.4) is 0 Å². The Balaban J connectivity index is 3.84. The number of rotatable bonds is 4. The lowest BCUT2D eigenvalue weighted by Gasteiger charge is -2.11. The van der Waals surface area contributed by atoms with E-state index in [1.807, 2.05) is 0 Å². The summed E-state index contributed by atoms with van der Waals surface area (Å²) in [5.41, 5.74) is -3.23. The Labute approximate surface area is 111 Å². The Kier molecular flexibility index (Phi) is 4.84. The molecule has 20 heavy (non-hydrogen) atoms. The van der Waals surface area contributed by atoms with Gasteiger partial charge in [-0.25, -0.2) is 17.6 Å². The van der Waals surface area contributed by atoms with Crippen molar-refractivity contribution in [3.8, 4) is 0 Å². The molecule has 8 heteroatoms. The molecule has 0 radical (unpaired) electrons. The van der Waals surface area contributed by atoms with Gasteiger partial charge < -0.3 is 10.8 Å². The van der Waals surface area contributed by atoms with Gasteiger partial charge in [0.25, 0.3) is 0 Å². The topological polar surface area (TPSA) is 72.4 Å². The Morgan fingerprint density at radius 3 is 1.15 bits per heavy atom. The zero-order valence-electron chi connectivity index (χ0n) is 10.6. The first-order valence-electron chi connectivity index (χ1n) is 5.25. The number of benzene rings is 1. The van der Waals surface area contributed by atoms with Crippen LogP contribution >= 0.6 is 0 Å². The summed E-state index contributed by atoms with van der Waals surface area (Å²) in [6.45, 7) is 0. The van der Waals surface area contributed by atoms with Crippen LogP contribution in [-0.2, 0) is 0 Å². The lowest BCUT2D eigenvalue weighted by atomic mass is 10.0. The van der Waals surface area contributed by atoms with Crippen molar-refractivity contribution in [2.45, 2.75) is 0 Å². The summed E-state index contributed by atoms with van der Waals surface area (Å²) in [7, 11) is 2.25. The quantitative estimate of drug-likeness (QED) is 0.484. The molecule has 2 N–H and O–H groups in total. The summed E-state index contributed by atoms with van der Waals surface area (Å²) in [5, 5.41) is 13.9. The van der Waals surface area contributed by atoms with E-state index in [4.69, 9.17) is 10.8 Å². The van der Waals surface area contributed by atoms with Crippen LogP contribution in [0, 0.1) is 34.1 Å². The largest absolute Gasteiger partial charge is 0.306 e. The minimum absolute atomic E-state index is 0.478. The molecule has 0 amide bonds. The second-order valence-electron chi connectivity index (χ2n) is 3.51. The van der Waals surface area contributed by atoms with Crippen LogP contribution in [-0.4, -0.2) is 37.9 Å². The summed E-state index contributed by atoms with van der Waals surface area (Å²) >= 11 is 0. The van der Waals surface area contributed by atoms with Crippen LogP contribution < -0.4 is 0 Å². The molecule has 0 spiro atoms. The van der Waals surface area contributed by atoms with E-state index in [9.17, 15) is 17.6 Å². The maximum Gasteiger partial charge on any atom is 0.172 e. The minimum Gasteiger partial charge on any atom is -0.306 e. The first-order chi connectivity index (χ1) is 9.44. The Morgan fingerprint density at radius 2 is 1.00 bits per heavy atom. The van der Waals surface area contributed by atoms with Crippen molar-refractivity contribution >= 4 is 23.9 Å². The average Bonchev–Trinajstić information content (AvgIpc) is 2.46. The highest BCUT2D eigenvalue weighted by molar-refractivity contribution is 6.39. The standard InChI is InChI=1S/C12H10F4N4/c1-19-5(3-17)7-9(13)11(15)8(6(4-18)20-2)12(16)10(7)14/h3-4,17-18H,1-2H3. The molecule has 0 aromatic heterocycles. The van der Waals surface area contributed by atoms with Crippen molar-refractivity contribution in [1.29, 1.82) is 10.8 Å². The van der Waals surface area contributed by atoms with Crippen LogP contribution in [0.1, 0.15) is 11.1 Å². The Bertz CT molecular complexity index is 551. The number of halogens is 4. The molecule has 0 fully saturated rings. The van der Waals surface area contributed by atoms with E-state index in [1.165, 1.54) is 0 Å². The summed E-state index contributed by atoms with van der Waals surface area (Å²) in [6.07, 6.45) is 0.955. The molecule has 106 valence electrons. The van der Waals surface area contributed by atoms with Crippen molar-refractivity contribution in [2.75, 3.05) is 14.1 Å². The number of hydrogen-bond donors (Lipinski definition) is 2. The first-order valence-corrected chi connectivity index (χ1v) is 5.25. The second-order valence-corrected chi connectivity index (χ2v) is 3.51. The van der Waals surface area contributed by atoms with Crippen molar-refractivity contribution in [3.63, 3.8) is 0 Å². The smallest absolute Gasteiger partial charge is 0.172 e.